The molecule has 0 atom stereocenters. The van der Waals surface area contributed by atoms with E-state index in [0.717, 1.165) is 16.9 Å². The van der Waals surface area contributed by atoms with Crippen LogP contribution in [0.3, 0.4) is 0 Å². The van der Waals surface area contributed by atoms with Crippen LogP contribution in [-0.2, 0) is 6.61 Å². The van der Waals surface area contributed by atoms with E-state index in [4.69, 9.17) is 9.47 Å². The van der Waals surface area contributed by atoms with Crippen molar-refractivity contribution in [3.63, 3.8) is 0 Å². The molecular weight excluding hydrogens is 192 g/mol. The Hall–Kier alpha value is -1.22. The van der Waals surface area contributed by atoms with Gasteiger partial charge in [-0.25, -0.2) is 0 Å². The molecule has 0 heterocycles. The second kappa shape index (κ2) is 5.03. The maximum absolute atomic E-state index is 9.25. The highest BCUT2D eigenvalue weighted by Gasteiger charge is 2.16. The van der Waals surface area contributed by atoms with Crippen LogP contribution in [0.15, 0.2) is 12.1 Å². The van der Waals surface area contributed by atoms with E-state index in [2.05, 4.69) is 13.8 Å². The zero-order chi connectivity index (χ0) is 11.4. The summed E-state index contributed by atoms with van der Waals surface area (Å²) in [6, 6.07) is 3.69. The first kappa shape index (κ1) is 11.9. The standard InChI is InChI=1S/C12H18O3/c1-8(2)11-9(7-13)5-6-10(14-3)12(11)15-4/h5-6,8,13H,7H2,1-4H3. The van der Waals surface area contributed by atoms with Gasteiger partial charge in [0.25, 0.3) is 0 Å². The lowest BCUT2D eigenvalue weighted by Gasteiger charge is -2.18. The van der Waals surface area contributed by atoms with Crippen molar-refractivity contribution < 1.29 is 14.6 Å². The number of ether oxygens (including phenoxy) is 2. The average molecular weight is 210 g/mol. The van der Waals surface area contributed by atoms with E-state index in [9.17, 15) is 5.11 Å². The number of rotatable bonds is 4. The van der Waals surface area contributed by atoms with Crippen molar-refractivity contribution in [3.8, 4) is 11.5 Å². The van der Waals surface area contributed by atoms with Gasteiger partial charge in [0.2, 0.25) is 0 Å². The van der Waals surface area contributed by atoms with Gasteiger partial charge in [0.05, 0.1) is 20.8 Å². The SMILES string of the molecule is COc1ccc(CO)c(C(C)C)c1OC. The number of benzene rings is 1. The van der Waals surface area contributed by atoms with Gasteiger partial charge in [-0.2, -0.15) is 0 Å². The summed E-state index contributed by atoms with van der Waals surface area (Å²) >= 11 is 0. The molecule has 0 aliphatic carbocycles. The van der Waals surface area contributed by atoms with Crippen LogP contribution in [0.1, 0.15) is 30.9 Å². The first-order valence-electron chi connectivity index (χ1n) is 5.00. The maximum Gasteiger partial charge on any atom is 0.164 e. The summed E-state index contributed by atoms with van der Waals surface area (Å²) in [4.78, 5) is 0. The third-order valence-electron chi connectivity index (χ3n) is 2.42. The summed E-state index contributed by atoms with van der Waals surface area (Å²) in [5.41, 5.74) is 1.90. The average Bonchev–Trinajstić information content (AvgIpc) is 2.26. The molecule has 0 radical (unpaired) electrons. The van der Waals surface area contributed by atoms with Gasteiger partial charge in [-0.15, -0.1) is 0 Å². The summed E-state index contributed by atoms with van der Waals surface area (Å²) in [7, 11) is 3.23. The minimum Gasteiger partial charge on any atom is -0.493 e. The summed E-state index contributed by atoms with van der Waals surface area (Å²) in [6.07, 6.45) is 0. The Morgan fingerprint density at radius 1 is 1.20 bits per heavy atom. The van der Waals surface area contributed by atoms with Crippen molar-refractivity contribution in [2.75, 3.05) is 14.2 Å². The van der Waals surface area contributed by atoms with Crippen LogP contribution in [0.2, 0.25) is 0 Å². The molecule has 0 amide bonds. The fourth-order valence-electron chi connectivity index (χ4n) is 1.76. The highest BCUT2D eigenvalue weighted by atomic mass is 16.5. The van der Waals surface area contributed by atoms with Crippen LogP contribution in [-0.4, -0.2) is 19.3 Å². The molecule has 1 rings (SSSR count). The van der Waals surface area contributed by atoms with Gasteiger partial charge in [0.15, 0.2) is 11.5 Å². The molecule has 0 saturated carbocycles. The van der Waals surface area contributed by atoms with Crippen LogP contribution >= 0.6 is 0 Å². The maximum atomic E-state index is 9.25. The third kappa shape index (κ3) is 2.23. The molecule has 0 aliphatic rings. The van der Waals surface area contributed by atoms with E-state index in [1.165, 1.54) is 0 Å². The largest absolute Gasteiger partial charge is 0.493 e. The van der Waals surface area contributed by atoms with Crippen LogP contribution < -0.4 is 9.47 Å². The third-order valence-corrected chi connectivity index (χ3v) is 2.42. The van der Waals surface area contributed by atoms with Gasteiger partial charge in [0.1, 0.15) is 0 Å². The van der Waals surface area contributed by atoms with Crippen molar-refractivity contribution >= 4 is 0 Å². The van der Waals surface area contributed by atoms with E-state index in [1.54, 1.807) is 14.2 Å². The molecule has 3 nitrogen and oxygen atoms in total. The molecule has 15 heavy (non-hydrogen) atoms. The normalized spacial score (nSPS) is 10.5. The van der Waals surface area contributed by atoms with Gasteiger partial charge < -0.3 is 14.6 Å². The monoisotopic (exact) mass is 210 g/mol. The summed E-state index contributed by atoms with van der Waals surface area (Å²) in [5.74, 6) is 1.72. The summed E-state index contributed by atoms with van der Waals surface area (Å²) in [6.45, 7) is 4.15. The number of hydrogen-bond acceptors (Lipinski definition) is 3. The fraction of sp³-hybridized carbons (Fsp3) is 0.500. The molecule has 0 aliphatic heterocycles. The highest BCUT2D eigenvalue weighted by molar-refractivity contribution is 5.52. The van der Waals surface area contributed by atoms with Crippen molar-refractivity contribution in [1.82, 2.24) is 0 Å². The minimum absolute atomic E-state index is 0.0217. The predicted molar refractivity (Wildman–Crippen MR) is 59.6 cm³/mol. The molecule has 0 saturated heterocycles. The van der Waals surface area contributed by atoms with Crippen molar-refractivity contribution in [3.05, 3.63) is 23.3 Å². The molecule has 0 bridgehead atoms. The van der Waals surface area contributed by atoms with Crippen molar-refractivity contribution in [2.24, 2.45) is 0 Å². The number of aliphatic hydroxyl groups is 1. The Bertz CT molecular complexity index is 332. The van der Waals surface area contributed by atoms with E-state index < -0.39 is 0 Å². The summed E-state index contributed by atoms with van der Waals surface area (Å²) < 4.78 is 10.6. The summed E-state index contributed by atoms with van der Waals surface area (Å²) in [5, 5.41) is 9.25. The smallest absolute Gasteiger partial charge is 0.164 e. The molecule has 1 aromatic carbocycles. The molecule has 1 N–H and O–H groups in total. The number of aliphatic hydroxyl groups excluding tert-OH is 1. The predicted octanol–water partition coefficient (Wildman–Crippen LogP) is 2.32. The van der Waals surface area contributed by atoms with Gasteiger partial charge in [-0.1, -0.05) is 19.9 Å². The van der Waals surface area contributed by atoms with Crippen LogP contribution in [0.25, 0.3) is 0 Å². The molecule has 0 spiro atoms. The van der Waals surface area contributed by atoms with E-state index >= 15 is 0 Å². The van der Waals surface area contributed by atoms with E-state index in [-0.39, 0.29) is 12.5 Å². The van der Waals surface area contributed by atoms with Gasteiger partial charge in [-0.05, 0) is 17.5 Å². The second-order valence-electron chi connectivity index (χ2n) is 3.69. The zero-order valence-electron chi connectivity index (χ0n) is 9.70. The van der Waals surface area contributed by atoms with Crippen LogP contribution in [0.5, 0.6) is 11.5 Å². The Labute approximate surface area is 90.6 Å². The Morgan fingerprint density at radius 2 is 1.87 bits per heavy atom. The molecule has 0 unspecified atom stereocenters. The van der Waals surface area contributed by atoms with E-state index in [1.807, 2.05) is 12.1 Å². The molecule has 84 valence electrons. The lowest BCUT2D eigenvalue weighted by Crippen LogP contribution is -2.02. The lowest BCUT2D eigenvalue weighted by molar-refractivity contribution is 0.277. The number of methoxy groups -OCH3 is 2. The Kier molecular flexibility index (Phi) is 3.97. The molecule has 1 aromatic rings. The first-order valence-corrected chi connectivity index (χ1v) is 5.00. The highest BCUT2D eigenvalue weighted by Crippen LogP contribution is 2.37. The fourth-order valence-corrected chi connectivity index (χ4v) is 1.76. The van der Waals surface area contributed by atoms with Gasteiger partial charge >= 0.3 is 0 Å². The molecule has 0 fully saturated rings. The van der Waals surface area contributed by atoms with E-state index in [0.29, 0.717) is 5.75 Å². The topological polar surface area (TPSA) is 38.7 Å². The van der Waals surface area contributed by atoms with Crippen molar-refractivity contribution in [2.45, 2.75) is 26.4 Å². The quantitative estimate of drug-likeness (QED) is 0.828. The first-order chi connectivity index (χ1) is 7.15. The second-order valence-corrected chi connectivity index (χ2v) is 3.69. The lowest BCUT2D eigenvalue weighted by atomic mass is 9.96. The number of hydrogen-bond donors (Lipinski definition) is 1. The molecule has 0 aromatic heterocycles. The zero-order valence-corrected chi connectivity index (χ0v) is 9.70. The molecular formula is C12H18O3. The Morgan fingerprint density at radius 3 is 2.27 bits per heavy atom. The Balaban J connectivity index is 3.37. The van der Waals surface area contributed by atoms with Crippen LogP contribution in [0.4, 0.5) is 0 Å². The molecule has 3 heteroatoms. The van der Waals surface area contributed by atoms with Crippen LogP contribution in [0, 0.1) is 0 Å². The van der Waals surface area contributed by atoms with Gasteiger partial charge in [0, 0.05) is 5.56 Å². The van der Waals surface area contributed by atoms with Crippen molar-refractivity contribution in [1.29, 1.82) is 0 Å². The van der Waals surface area contributed by atoms with Gasteiger partial charge in [-0.3, -0.25) is 0 Å². The minimum atomic E-state index is 0.0217.